The molecule has 5 nitrogen and oxygen atoms in total. The fourth-order valence-corrected chi connectivity index (χ4v) is 3.82. The van der Waals surface area contributed by atoms with E-state index in [0.717, 1.165) is 42.5 Å². The van der Waals surface area contributed by atoms with Crippen LogP contribution in [0.1, 0.15) is 84.4 Å². The lowest BCUT2D eigenvalue weighted by Gasteiger charge is -2.29. The summed E-state index contributed by atoms with van der Waals surface area (Å²) < 4.78 is 5.52. The largest absolute Gasteiger partial charge is 0.456 e. The van der Waals surface area contributed by atoms with Crippen LogP contribution in [0.25, 0.3) is 6.08 Å². The highest BCUT2D eigenvalue weighted by molar-refractivity contribution is 6.01. The van der Waals surface area contributed by atoms with Gasteiger partial charge in [0.25, 0.3) is 5.91 Å². The Morgan fingerprint density at radius 2 is 1.84 bits per heavy atom. The average molecular weight is 435 g/mol. The van der Waals surface area contributed by atoms with Crippen LogP contribution in [0.3, 0.4) is 0 Å². The number of amides is 1. The molecule has 0 aliphatic carbocycles. The summed E-state index contributed by atoms with van der Waals surface area (Å²) in [7, 11) is 0. The van der Waals surface area contributed by atoms with Gasteiger partial charge in [0.15, 0.2) is 0 Å². The number of benzene rings is 2. The molecule has 1 aliphatic heterocycles. The first kappa shape index (κ1) is 23.6. The first-order chi connectivity index (χ1) is 15.2. The summed E-state index contributed by atoms with van der Waals surface area (Å²) in [4.78, 5) is 28.1. The summed E-state index contributed by atoms with van der Waals surface area (Å²) in [6.07, 6.45) is 5.49. The molecule has 1 amide bonds. The van der Waals surface area contributed by atoms with Crippen LogP contribution in [0.4, 0.5) is 0 Å². The van der Waals surface area contributed by atoms with Gasteiger partial charge in [-0.15, -0.1) is 0 Å². The van der Waals surface area contributed by atoms with E-state index in [4.69, 9.17) is 10.5 Å². The van der Waals surface area contributed by atoms with Crippen LogP contribution in [0, 0.1) is 0 Å². The Hall–Kier alpha value is -3.08. The number of nitrogens with zero attached hydrogens (tertiary/aromatic N) is 1. The van der Waals surface area contributed by atoms with Crippen molar-refractivity contribution in [3.05, 3.63) is 76.0 Å². The summed E-state index contributed by atoms with van der Waals surface area (Å²) in [6.45, 7) is 8.79. The molecule has 0 aromatic heterocycles. The minimum atomic E-state index is -0.610. The van der Waals surface area contributed by atoms with Crippen molar-refractivity contribution in [3.63, 3.8) is 0 Å². The van der Waals surface area contributed by atoms with E-state index in [1.54, 1.807) is 18.2 Å². The van der Waals surface area contributed by atoms with Crippen LogP contribution in [0.2, 0.25) is 0 Å². The summed E-state index contributed by atoms with van der Waals surface area (Å²) in [5.74, 6) is -0.538. The van der Waals surface area contributed by atoms with E-state index in [1.807, 2.05) is 43.9 Å². The fraction of sp³-hybridized carbons (Fsp3) is 0.407. The molecule has 0 bridgehead atoms. The molecule has 0 saturated carbocycles. The van der Waals surface area contributed by atoms with E-state index in [2.05, 4.69) is 19.1 Å². The van der Waals surface area contributed by atoms with Crippen molar-refractivity contribution in [3.8, 4) is 0 Å². The van der Waals surface area contributed by atoms with Gasteiger partial charge in [0.1, 0.15) is 5.60 Å². The van der Waals surface area contributed by atoms with Gasteiger partial charge in [-0.3, -0.25) is 4.79 Å². The first-order valence-electron chi connectivity index (χ1n) is 11.4. The zero-order chi connectivity index (χ0) is 23.3. The van der Waals surface area contributed by atoms with Crippen LogP contribution in [-0.4, -0.2) is 28.9 Å². The molecule has 0 unspecified atom stereocenters. The van der Waals surface area contributed by atoms with Crippen molar-refractivity contribution >= 4 is 18.0 Å². The number of hydrogen-bond donors (Lipinski definition) is 1. The standard InChI is InChI=1S/C27H34N2O3/c1-5-6-11-23(28)16-20-12-13-21(26(31)32-27(2,3)4)17-24(20)25(30)29-15-14-19-9-7-8-10-22(19)18-29/h7-10,12-13,16-17H,5-6,11,14-15,18,28H2,1-4H3/b23-16+. The second-order valence-corrected chi connectivity index (χ2v) is 9.37. The number of allylic oxidation sites excluding steroid dienone is 1. The molecule has 2 N–H and O–H groups in total. The molecule has 2 aromatic carbocycles. The summed E-state index contributed by atoms with van der Waals surface area (Å²) in [5, 5.41) is 0. The van der Waals surface area contributed by atoms with Crippen molar-refractivity contribution in [1.29, 1.82) is 0 Å². The van der Waals surface area contributed by atoms with Gasteiger partial charge in [0, 0.05) is 24.4 Å². The highest BCUT2D eigenvalue weighted by Gasteiger charge is 2.25. The number of rotatable bonds is 6. The molecule has 0 fully saturated rings. The second kappa shape index (κ2) is 10.0. The lowest BCUT2D eigenvalue weighted by atomic mass is 9.97. The van der Waals surface area contributed by atoms with Crippen molar-refractivity contribution in [2.75, 3.05) is 6.54 Å². The molecule has 0 radical (unpaired) electrons. The normalized spacial score (nSPS) is 14.1. The van der Waals surface area contributed by atoms with E-state index >= 15 is 0 Å². The molecule has 3 rings (SSSR count). The van der Waals surface area contributed by atoms with Gasteiger partial charge < -0.3 is 15.4 Å². The van der Waals surface area contributed by atoms with Crippen molar-refractivity contribution in [1.82, 2.24) is 4.90 Å². The highest BCUT2D eigenvalue weighted by atomic mass is 16.6. The summed E-state index contributed by atoms with van der Waals surface area (Å²) in [6, 6.07) is 13.4. The molecule has 1 heterocycles. The Morgan fingerprint density at radius 3 is 2.53 bits per heavy atom. The molecule has 170 valence electrons. The van der Waals surface area contributed by atoms with Gasteiger partial charge in [-0.25, -0.2) is 4.79 Å². The van der Waals surface area contributed by atoms with Crippen molar-refractivity contribution < 1.29 is 14.3 Å². The zero-order valence-corrected chi connectivity index (χ0v) is 19.6. The van der Waals surface area contributed by atoms with Gasteiger partial charge in [0.05, 0.1) is 5.56 Å². The number of ether oxygens (including phenoxy) is 1. The van der Waals surface area contributed by atoms with E-state index in [-0.39, 0.29) is 5.91 Å². The van der Waals surface area contributed by atoms with E-state index in [9.17, 15) is 9.59 Å². The Balaban J connectivity index is 1.95. The molecule has 5 heteroatoms. The number of esters is 1. The number of unbranched alkanes of at least 4 members (excludes halogenated alkanes) is 1. The first-order valence-corrected chi connectivity index (χ1v) is 11.4. The topological polar surface area (TPSA) is 72.6 Å². The Morgan fingerprint density at radius 1 is 1.12 bits per heavy atom. The van der Waals surface area contributed by atoms with Crippen molar-refractivity contribution in [2.24, 2.45) is 5.73 Å². The monoisotopic (exact) mass is 434 g/mol. The van der Waals surface area contributed by atoms with E-state index in [1.165, 1.54) is 5.56 Å². The van der Waals surface area contributed by atoms with Gasteiger partial charge >= 0.3 is 5.97 Å². The maximum absolute atomic E-state index is 13.6. The van der Waals surface area contributed by atoms with Crippen LogP contribution < -0.4 is 5.73 Å². The Bertz CT molecular complexity index is 1020. The van der Waals surface area contributed by atoms with E-state index < -0.39 is 11.6 Å². The number of nitrogens with two attached hydrogens (primary N) is 1. The third-order valence-electron chi connectivity index (χ3n) is 5.50. The minimum absolute atomic E-state index is 0.0977. The predicted molar refractivity (Wildman–Crippen MR) is 128 cm³/mol. The second-order valence-electron chi connectivity index (χ2n) is 9.37. The molecular weight excluding hydrogens is 400 g/mol. The maximum Gasteiger partial charge on any atom is 0.338 e. The Kier molecular flexibility index (Phi) is 7.39. The fourth-order valence-electron chi connectivity index (χ4n) is 3.82. The molecule has 0 spiro atoms. The minimum Gasteiger partial charge on any atom is -0.456 e. The van der Waals surface area contributed by atoms with Gasteiger partial charge in [-0.05, 0) is 74.9 Å². The average Bonchev–Trinajstić information content (AvgIpc) is 2.76. The molecule has 1 aliphatic rings. The van der Waals surface area contributed by atoms with Gasteiger partial charge in [0.2, 0.25) is 0 Å². The summed E-state index contributed by atoms with van der Waals surface area (Å²) >= 11 is 0. The lowest BCUT2D eigenvalue weighted by Crippen LogP contribution is -2.36. The zero-order valence-electron chi connectivity index (χ0n) is 19.6. The van der Waals surface area contributed by atoms with Crippen LogP contribution in [-0.2, 0) is 17.7 Å². The number of hydrogen-bond acceptors (Lipinski definition) is 4. The molecule has 0 atom stereocenters. The quantitative estimate of drug-likeness (QED) is 0.624. The highest BCUT2D eigenvalue weighted by Crippen LogP contribution is 2.24. The third kappa shape index (κ3) is 6.00. The van der Waals surface area contributed by atoms with E-state index in [0.29, 0.717) is 24.2 Å². The number of carbonyl (C=O) groups excluding carboxylic acids is 2. The van der Waals surface area contributed by atoms with Gasteiger partial charge in [-0.1, -0.05) is 43.7 Å². The SMILES string of the molecule is CCCC/C(N)=C\c1ccc(C(=O)OC(C)(C)C)cc1C(=O)N1CCc2ccccc2C1. The summed E-state index contributed by atoms with van der Waals surface area (Å²) in [5.41, 5.74) is 10.4. The lowest BCUT2D eigenvalue weighted by molar-refractivity contribution is 0.00695. The van der Waals surface area contributed by atoms with Crippen molar-refractivity contribution in [2.45, 2.75) is 65.5 Å². The van der Waals surface area contributed by atoms with Crippen LogP contribution in [0.5, 0.6) is 0 Å². The number of fused-ring (bicyclic) bond motifs is 1. The van der Waals surface area contributed by atoms with Crippen LogP contribution in [0.15, 0.2) is 48.2 Å². The molecular formula is C27H34N2O3. The number of carbonyl (C=O) groups is 2. The smallest absolute Gasteiger partial charge is 0.338 e. The van der Waals surface area contributed by atoms with Crippen LogP contribution >= 0.6 is 0 Å². The molecule has 32 heavy (non-hydrogen) atoms. The molecule has 2 aromatic rings. The Labute approximate surface area is 191 Å². The predicted octanol–water partition coefficient (Wildman–Crippen LogP) is 5.33. The molecule has 0 saturated heterocycles. The maximum atomic E-state index is 13.6. The van der Waals surface area contributed by atoms with Gasteiger partial charge in [-0.2, -0.15) is 0 Å². The third-order valence-corrected chi connectivity index (χ3v) is 5.50.